The zero-order valence-electron chi connectivity index (χ0n) is 51.5. The molecular formula is C66H87N7O11. The van der Waals surface area contributed by atoms with Crippen LogP contribution in [-0.2, 0) is 43.5 Å². The number of hydrogen-bond acceptors (Lipinski definition) is 15. The van der Waals surface area contributed by atoms with Crippen molar-refractivity contribution in [2.24, 2.45) is 17.3 Å². The molecule has 18 nitrogen and oxygen atoms in total. The van der Waals surface area contributed by atoms with Gasteiger partial charge in [0.15, 0.2) is 34.8 Å². The number of amides is 3. The summed E-state index contributed by atoms with van der Waals surface area (Å²) in [5.74, 6) is -0.0144. The number of carbonyl (C=O) groups excluding carboxylic acids is 4. The average Bonchev–Trinajstić information content (AvgIpc) is 1.61. The number of rotatable bonds is 19. The Morgan fingerprint density at radius 2 is 1.38 bits per heavy atom. The Bertz CT molecular complexity index is 3080. The summed E-state index contributed by atoms with van der Waals surface area (Å²) in [6, 6.07) is 27.8. The number of hydrogen-bond donors (Lipinski definition) is 1. The van der Waals surface area contributed by atoms with Gasteiger partial charge in [0.05, 0.1) is 38.1 Å². The summed E-state index contributed by atoms with van der Waals surface area (Å²) >= 11 is 0. The van der Waals surface area contributed by atoms with Crippen LogP contribution in [0.3, 0.4) is 0 Å². The van der Waals surface area contributed by atoms with E-state index in [2.05, 4.69) is 55.6 Å². The van der Waals surface area contributed by atoms with Crippen LogP contribution in [0, 0.1) is 17.3 Å². The van der Waals surface area contributed by atoms with Crippen molar-refractivity contribution in [1.82, 2.24) is 29.3 Å². The molecule has 0 aliphatic carbocycles. The van der Waals surface area contributed by atoms with Crippen molar-refractivity contribution in [2.75, 3.05) is 12.4 Å². The van der Waals surface area contributed by atoms with Gasteiger partial charge in [-0.2, -0.15) is 0 Å². The van der Waals surface area contributed by atoms with Crippen LogP contribution < -0.4 is 10.1 Å². The Kier molecular flexibility index (Phi) is 18.2. The maximum atomic E-state index is 14.3. The summed E-state index contributed by atoms with van der Waals surface area (Å²) < 4.78 is 46.4. The molecule has 0 saturated carbocycles. The van der Waals surface area contributed by atoms with E-state index >= 15 is 0 Å². The van der Waals surface area contributed by atoms with Crippen LogP contribution in [0.4, 0.5) is 15.4 Å². The smallest absolute Gasteiger partial charge is 0.420 e. The molecule has 1 N–H and O–H groups in total. The lowest BCUT2D eigenvalue weighted by molar-refractivity contribution is -0.198. The first-order chi connectivity index (χ1) is 39.7. The van der Waals surface area contributed by atoms with Gasteiger partial charge in [0, 0.05) is 11.8 Å². The minimum absolute atomic E-state index is 0.0412. The average molecular weight is 1150 g/mol. The Morgan fingerprint density at radius 1 is 0.774 bits per heavy atom. The summed E-state index contributed by atoms with van der Waals surface area (Å²) in [4.78, 5) is 73.1. The van der Waals surface area contributed by atoms with Crippen molar-refractivity contribution >= 4 is 40.9 Å². The third kappa shape index (κ3) is 13.7. The van der Waals surface area contributed by atoms with Gasteiger partial charge in [-0.1, -0.05) is 114 Å². The van der Waals surface area contributed by atoms with Crippen LogP contribution in [0.5, 0.6) is 5.75 Å². The van der Waals surface area contributed by atoms with Crippen LogP contribution in [-0.4, -0.2) is 114 Å². The van der Waals surface area contributed by atoms with E-state index in [0.29, 0.717) is 67.5 Å². The second-order valence-electron chi connectivity index (χ2n) is 26.6. The summed E-state index contributed by atoms with van der Waals surface area (Å²) in [7, 11) is 1.65. The van der Waals surface area contributed by atoms with Gasteiger partial charge >= 0.3 is 12.2 Å². The zero-order valence-corrected chi connectivity index (χ0v) is 51.5. The first-order valence-electron chi connectivity index (χ1n) is 29.9. The molecule has 1 unspecified atom stereocenters. The molecule has 3 saturated heterocycles. The molecule has 9 rings (SSSR count). The number of allylic oxidation sites excluding steroid dienone is 1. The van der Waals surface area contributed by atoms with E-state index in [4.69, 9.17) is 48.1 Å². The third-order valence-corrected chi connectivity index (χ3v) is 16.5. The number of methoxy groups -OCH3 is 1. The monoisotopic (exact) mass is 1150 g/mol. The summed E-state index contributed by atoms with van der Waals surface area (Å²) in [5, 5.41) is 3.89. The quantitative estimate of drug-likeness (QED) is 0.0605. The molecule has 2 aromatic heterocycles. The second-order valence-corrected chi connectivity index (χ2v) is 26.6. The molecular weight excluding hydrogens is 1070 g/mol. The lowest BCUT2D eigenvalue weighted by Crippen LogP contribution is -2.53. The van der Waals surface area contributed by atoms with Gasteiger partial charge in [0.25, 0.3) is 0 Å². The zero-order chi connectivity index (χ0) is 60.5. The molecule has 9 atom stereocenters. The van der Waals surface area contributed by atoms with E-state index in [9.17, 15) is 19.2 Å². The van der Waals surface area contributed by atoms with Gasteiger partial charge in [-0.05, 0) is 146 Å². The molecule has 0 bridgehead atoms. The minimum atomic E-state index is -0.972. The maximum Gasteiger partial charge on any atom is 0.420 e. The topological polar surface area (TPSA) is 195 Å². The Labute approximate surface area is 495 Å². The number of benzene rings is 3. The lowest BCUT2D eigenvalue weighted by atomic mass is 9.77. The lowest BCUT2D eigenvalue weighted by Gasteiger charge is -2.40. The minimum Gasteiger partial charge on any atom is -0.497 e. The predicted octanol–water partition coefficient (Wildman–Crippen LogP) is 13.0. The first kappa shape index (κ1) is 61.8. The number of ether oxygens (including phenoxy) is 7. The number of fused-ring (bicyclic) bond motifs is 2. The van der Waals surface area contributed by atoms with Crippen LogP contribution >= 0.6 is 0 Å². The number of anilines is 1. The fourth-order valence-electron chi connectivity index (χ4n) is 12.5. The van der Waals surface area contributed by atoms with Crippen molar-refractivity contribution in [3.63, 3.8) is 0 Å². The van der Waals surface area contributed by atoms with Crippen molar-refractivity contribution < 1.29 is 52.3 Å². The van der Waals surface area contributed by atoms with Gasteiger partial charge in [0.1, 0.15) is 47.3 Å². The van der Waals surface area contributed by atoms with Crippen LogP contribution in [0.2, 0.25) is 0 Å². The molecule has 3 aromatic carbocycles. The predicted molar refractivity (Wildman–Crippen MR) is 318 cm³/mol. The third-order valence-electron chi connectivity index (χ3n) is 16.5. The van der Waals surface area contributed by atoms with Crippen LogP contribution in [0.25, 0.3) is 11.2 Å². The van der Waals surface area contributed by atoms with E-state index in [0.717, 1.165) is 33.8 Å². The van der Waals surface area contributed by atoms with E-state index < -0.39 is 76.9 Å². The number of aromatic nitrogens is 4. The Balaban J connectivity index is 1.05. The van der Waals surface area contributed by atoms with Gasteiger partial charge in [-0.3, -0.25) is 19.1 Å². The highest BCUT2D eigenvalue weighted by Gasteiger charge is 2.57. The number of carbonyl (C=O) groups is 4. The van der Waals surface area contributed by atoms with Crippen LogP contribution in [0.1, 0.15) is 171 Å². The normalized spacial score (nSPS) is 23.5. The molecule has 3 amide bonds. The van der Waals surface area contributed by atoms with Crippen molar-refractivity contribution in [2.45, 2.75) is 213 Å². The SMILES string of the molecule is CC[C@H]1O[C@@H](N2C=C(CCCC(CC[C@H](N(C(=O)OC(C)(C)C)C(=O)OC(C)(C)C)C(C)(C)C)C[C@H]3O[C@@H](n4cnc5c(NC(c6ccccc6)(c6ccccc6)c6ccc(OC)cc6)ncnc54)[C@@H]4OC(C)(C)O[C@@H]43)C(=O)CC2=O)C[C@@H]1C. The number of ketones is 1. The summed E-state index contributed by atoms with van der Waals surface area (Å²) in [6.45, 7) is 24.6. The molecule has 4 aliphatic heterocycles. The molecule has 4 aliphatic rings. The summed E-state index contributed by atoms with van der Waals surface area (Å²) in [5.41, 5.74) is 1.14. The number of imidazole rings is 1. The van der Waals surface area contributed by atoms with Crippen molar-refractivity contribution in [3.05, 3.63) is 126 Å². The maximum absolute atomic E-state index is 14.3. The second kappa shape index (κ2) is 24.7. The molecule has 452 valence electrons. The molecule has 0 spiro atoms. The molecule has 84 heavy (non-hydrogen) atoms. The molecule has 0 radical (unpaired) electrons. The standard InChI is InChI=1S/C66H87N7O11/c1-15-49-41(2)35-53(79-49)71-38-43(48(74)37-52(71)75)24-22-23-42(29-34-51(62(3,4)5)73(60(76)83-63(6,7)8)61(77)84-64(9,10)11)36-50-55-56(82-65(12,13)81-55)59(80-50)72-40-69-54-57(67-39-68-58(54)72)70-66(44-25-18-16-19-26-44,45-27-20-17-21-28-45)46-30-32-47(78-14)33-31-46/h16-21,25-28,30-33,38-42,49-51,53,55-56,59H,15,22-24,29,34-37H2,1-14H3,(H,67,68,70)/t41-,42?,49+,50+,51-,53+,55+,56+,59+/m0/s1. The van der Waals surface area contributed by atoms with Crippen molar-refractivity contribution in [1.29, 1.82) is 0 Å². The number of imide groups is 1. The van der Waals surface area contributed by atoms with E-state index in [1.54, 1.807) is 66.1 Å². The number of nitrogens with zero attached hydrogens (tertiary/aromatic N) is 6. The van der Waals surface area contributed by atoms with E-state index in [1.165, 1.54) is 6.33 Å². The first-order valence-corrected chi connectivity index (χ1v) is 29.9. The van der Waals surface area contributed by atoms with Crippen LogP contribution in [0.15, 0.2) is 109 Å². The Morgan fingerprint density at radius 3 is 1.95 bits per heavy atom. The highest BCUT2D eigenvalue weighted by molar-refractivity contribution is 6.09. The number of Topliss-reactive ketones (excluding diaryl/α,β-unsaturated/α-hetero) is 1. The van der Waals surface area contributed by atoms with E-state index in [1.807, 2.05) is 87.7 Å². The molecule has 5 aromatic rings. The van der Waals surface area contributed by atoms with E-state index in [-0.39, 0.29) is 36.1 Å². The van der Waals surface area contributed by atoms with Gasteiger partial charge in [-0.25, -0.2) is 29.4 Å². The van der Waals surface area contributed by atoms with Crippen molar-refractivity contribution in [3.8, 4) is 5.75 Å². The Hall–Kier alpha value is -6.73. The van der Waals surface area contributed by atoms with Gasteiger partial charge in [0.2, 0.25) is 5.91 Å². The molecule has 6 heterocycles. The fraction of sp³-hybridized carbons (Fsp3) is 0.561. The fourth-order valence-corrected chi connectivity index (χ4v) is 12.5. The largest absolute Gasteiger partial charge is 0.497 e. The number of nitrogens with one attached hydrogen (secondary N) is 1. The summed E-state index contributed by atoms with van der Waals surface area (Å²) in [6.07, 6.45) is 5.07. The molecule has 18 heteroatoms. The van der Waals surface area contributed by atoms with Gasteiger partial charge < -0.3 is 38.5 Å². The highest BCUT2D eigenvalue weighted by Crippen LogP contribution is 2.48. The highest BCUT2D eigenvalue weighted by atomic mass is 16.8. The van der Waals surface area contributed by atoms with Gasteiger partial charge in [-0.15, -0.1) is 0 Å². The molecule has 3 fully saturated rings.